The van der Waals surface area contributed by atoms with Crippen molar-refractivity contribution in [1.29, 1.82) is 10.5 Å². The number of benzene rings is 2. The molecule has 1 aliphatic heterocycles. The highest BCUT2D eigenvalue weighted by molar-refractivity contribution is 5.94. The SMILES string of the molecule is Cc1cccc(NC(=N[C@@H]2c3cc(C#N)ccc3OC(C)(C)[C@H]2O)NC#N)c1. The Morgan fingerprint density at radius 1 is 1.21 bits per heavy atom. The van der Waals surface area contributed by atoms with Crippen molar-refractivity contribution in [3.8, 4) is 18.0 Å². The zero-order valence-electron chi connectivity index (χ0n) is 15.9. The minimum atomic E-state index is -0.983. The first-order chi connectivity index (χ1) is 13.3. The number of ether oxygens (including phenoxy) is 1. The second-order valence-corrected chi connectivity index (χ2v) is 7.17. The number of aryl methyl sites for hydroxylation is 1. The summed E-state index contributed by atoms with van der Waals surface area (Å²) in [7, 11) is 0. The molecule has 0 bridgehead atoms. The van der Waals surface area contributed by atoms with Crippen molar-refractivity contribution in [2.45, 2.75) is 38.5 Å². The number of rotatable bonds is 2. The maximum absolute atomic E-state index is 10.9. The van der Waals surface area contributed by atoms with Gasteiger partial charge in [0.2, 0.25) is 5.96 Å². The molecule has 2 aromatic rings. The molecule has 1 heterocycles. The molecule has 0 saturated carbocycles. The molecule has 0 fully saturated rings. The van der Waals surface area contributed by atoms with Crippen LogP contribution < -0.4 is 15.4 Å². The average Bonchev–Trinajstić information content (AvgIpc) is 2.65. The fourth-order valence-electron chi connectivity index (χ4n) is 3.12. The van der Waals surface area contributed by atoms with E-state index < -0.39 is 17.7 Å². The van der Waals surface area contributed by atoms with Crippen LogP contribution in [-0.4, -0.2) is 22.8 Å². The summed E-state index contributed by atoms with van der Waals surface area (Å²) in [4.78, 5) is 4.58. The highest BCUT2D eigenvalue weighted by Gasteiger charge is 2.43. The van der Waals surface area contributed by atoms with Gasteiger partial charge in [-0.25, -0.2) is 4.99 Å². The molecular formula is C21H21N5O2. The summed E-state index contributed by atoms with van der Waals surface area (Å²) in [6.45, 7) is 5.50. The van der Waals surface area contributed by atoms with E-state index in [2.05, 4.69) is 21.7 Å². The first-order valence-electron chi connectivity index (χ1n) is 8.82. The number of nitriles is 2. The van der Waals surface area contributed by atoms with E-state index in [0.717, 1.165) is 11.3 Å². The summed E-state index contributed by atoms with van der Waals surface area (Å²) in [5, 5.41) is 34.8. The van der Waals surface area contributed by atoms with Crippen LogP contribution in [0.15, 0.2) is 47.5 Å². The minimum Gasteiger partial charge on any atom is -0.485 e. The Hall–Kier alpha value is -3.55. The van der Waals surface area contributed by atoms with Gasteiger partial charge < -0.3 is 15.2 Å². The zero-order chi connectivity index (χ0) is 20.3. The van der Waals surface area contributed by atoms with Gasteiger partial charge in [-0.2, -0.15) is 10.5 Å². The lowest BCUT2D eigenvalue weighted by Crippen LogP contribution is -2.49. The summed E-state index contributed by atoms with van der Waals surface area (Å²) >= 11 is 0. The normalized spacial score (nSPS) is 20.1. The van der Waals surface area contributed by atoms with Crippen molar-refractivity contribution in [2.75, 3.05) is 5.32 Å². The van der Waals surface area contributed by atoms with E-state index in [0.29, 0.717) is 16.9 Å². The van der Waals surface area contributed by atoms with Gasteiger partial charge in [0, 0.05) is 11.3 Å². The molecule has 3 N–H and O–H groups in total. The molecule has 0 saturated heterocycles. The fraction of sp³-hybridized carbons (Fsp3) is 0.286. The number of hydrogen-bond donors (Lipinski definition) is 3. The Morgan fingerprint density at radius 3 is 2.68 bits per heavy atom. The first-order valence-corrected chi connectivity index (χ1v) is 8.82. The molecule has 2 atom stereocenters. The maximum Gasteiger partial charge on any atom is 0.209 e. The Labute approximate surface area is 163 Å². The van der Waals surface area contributed by atoms with E-state index in [1.165, 1.54) is 0 Å². The van der Waals surface area contributed by atoms with Gasteiger partial charge in [0.1, 0.15) is 23.5 Å². The highest BCUT2D eigenvalue weighted by Crippen LogP contribution is 2.42. The number of anilines is 1. The van der Waals surface area contributed by atoms with Gasteiger partial charge in [0.15, 0.2) is 6.19 Å². The molecular weight excluding hydrogens is 354 g/mol. The Kier molecular flexibility index (Phi) is 5.21. The number of aliphatic hydroxyl groups is 1. The molecule has 7 nitrogen and oxygen atoms in total. The van der Waals surface area contributed by atoms with Gasteiger partial charge in [-0.05, 0) is 56.7 Å². The molecule has 0 aromatic heterocycles. The van der Waals surface area contributed by atoms with Crippen LogP contribution in [-0.2, 0) is 0 Å². The minimum absolute atomic E-state index is 0.197. The summed E-state index contributed by atoms with van der Waals surface area (Å²) < 4.78 is 5.90. The molecule has 142 valence electrons. The van der Waals surface area contributed by atoms with Crippen LogP contribution in [0.1, 0.15) is 36.6 Å². The second kappa shape index (κ2) is 7.59. The van der Waals surface area contributed by atoms with E-state index in [-0.39, 0.29) is 5.96 Å². The maximum atomic E-state index is 10.9. The lowest BCUT2D eigenvalue weighted by molar-refractivity contribution is -0.0567. The van der Waals surface area contributed by atoms with Gasteiger partial charge in [0.25, 0.3) is 0 Å². The predicted molar refractivity (Wildman–Crippen MR) is 106 cm³/mol. The fourth-order valence-corrected chi connectivity index (χ4v) is 3.12. The van der Waals surface area contributed by atoms with Crippen LogP contribution >= 0.6 is 0 Å². The van der Waals surface area contributed by atoms with E-state index in [9.17, 15) is 10.4 Å². The van der Waals surface area contributed by atoms with Crippen LogP contribution in [0.4, 0.5) is 5.69 Å². The number of guanidine groups is 1. The molecule has 7 heteroatoms. The molecule has 0 unspecified atom stereocenters. The number of hydrogen-bond acceptors (Lipinski definition) is 5. The molecule has 0 radical (unpaired) electrons. The molecule has 28 heavy (non-hydrogen) atoms. The zero-order valence-corrected chi connectivity index (χ0v) is 15.9. The summed E-state index contributed by atoms with van der Waals surface area (Å²) in [5.74, 6) is 0.748. The van der Waals surface area contributed by atoms with Crippen molar-refractivity contribution in [2.24, 2.45) is 4.99 Å². The van der Waals surface area contributed by atoms with Gasteiger partial charge in [-0.1, -0.05) is 12.1 Å². The second-order valence-electron chi connectivity index (χ2n) is 7.17. The Morgan fingerprint density at radius 2 is 2.00 bits per heavy atom. The van der Waals surface area contributed by atoms with Crippen LogP contribution in [0, 0.1) is 29.7 Å². The Bertz CT molecular complexity index is 1000. The van der Waals surface area contributed by atoms with Crippen molar-refractivity contribution in [1.82, 2.24) is 5.32 Å². The molecule has 3 rings (SSSR count). The van der Waals surface area contributed by atoms with Crippen molar-refractivity contribution in [3.05, 3.63) is 59.2 Å². The quantitative estimate of drug-likeness (QED) is 0.322. The van der Waals surface area contributed by atoms with Crippen LogP contribution in [0.5, 0.6) is 5.75 Å². The first kappa shape index (κ1) is 19.2. The van der Waals surface area contributed by atoms with E-state index in [1.54, 1.807) is 32.0 Å². The van der Waals surface area contributed by atoms with Gasteiger partial charge >= 0.3 is 0 Å². The van der Waals surface area contributed by atoms with Gasteiger partial charge in [-0.3, -0.25) is 5.32 Å². The monoisotopic (exact) mass is 375 g/mol. The standard InChI is InChI=1S/C21H21N5O2/c1-13-5-4-6-15(9-13)25-20(24-12-23)26-18-16-10-14(11-22)7-8-17(16)28-21(2,3)19(18)27/h4-10,18-19,27H,1-3H3,(H2,24,25,26)/t18-,19+/m1/s1. The largest absolute Gasteiger partial charge is 0.485 e. The Balaban J connectivity index is 2.05. The molecule has 2 aromatic carbocycles. The molecule has 0 amide bonds. The van der Waals surface area contributed by atoms with E-state index in [4.69, 9.17) is 10.00 Å². The van der Waals surface area contributed by atoms with Crippen LogP contribution in [0.3, 0.4) is 0 Å². The summed E-state index contributed by atoms with van der Waals surface area (Å²) in [6.07, 6.45) is 0.883. The number of aliphatic imine (C=N–C) groups is 1. The predicted octanol–water partition coefficient (Wildman–Crippen LogP) is 2.98. The van der Waals surface area contributed by atoms with Crippen LogP contribution in [0.2, 0.25) is 0 Å². The number of nitrogens with zero attached hydrogens (tertiary/aromatic N) is 3. The smallest absolute Gasteiger partial charge is 0.209 e. The van der Waals surface area contributed by atoms with Crippen molar-refractivity contribution >= 4 is 11.6 Å². The van der Waals surface area contributed by atoms with Crippen molar-refractivity contribution in [3.63, 3.8) is 0 Å². The average molecular weight is 375 g/mol. The number of fused-ring (bicyclic) bond motifs is 1. The van der Waals surface area contributed by atoms with E-state index >= 15 is 0 Å². The number of aliphatic hydroxyl groups excluding tert-OH is 1. The summed E-state index contributed by atoms with van der Waals surface area (Å²) in [5.41, 5.74) is 1.95. The highest BCUT2D eigenvalue weighted by atomic mass is 16.5. The number of nitrogens with one attached hydrogen (secondary N) is 2. The van der Waals surface area contributed by atoms with E-state index in [1.807, 2.05) is 37.4 Å². The third-order valence-electron chi connectivity index (χ3n) is 4.57. The van der Waals surface area contributed by atoms with Gasteiger partial charge in [0.05, 0.1) is 11.6 Å². The van der Waals surface area contributed by atoms with Crippen LogP contribution in [0.25, 0.3) is 0 Å². The lowest BCUT2D eigenvalue weighted by Gasteiger charge is -2.40. The molecule has 1 aliphatic rings. The molecule has 0 spiro atoms. The lowest BCUT2D eigenvalue weighted by atomic mass is 9.86. The third-order valence-corrected chi connectivity index (χ3v) is 4.57. The molecule has 0 aliphatic carbocycles. The van der Waals surface area contributed by atoms with Gasteiger partial charge in [-0.15, -0.1) is 0 Å². The van der Waals surface area contributed by atoms with Crippen molar-refractivity contribution < 1.29 is 9.84 Å². The summed E-state index contributed by atoms with van der Waals surface area (Å²) in [6, 6.07) is 14.0. The topological polar surface area (TPSA) is 113 Å². The third kappa shape index (κ3) is 3.90.